The Labute approximate surface area is 107 Å². The van der Waals surface area contributed by atoms with Gasteiger partial charge in [-0.05, 0) is 0 Å². The molecule has 1 aromatic rings. The van der Waals surface area contributed by atoms with Crippen molar-refractivity contribution in [3.63, 3.8) is 0 Å². The zero-order valence-corrected chi connectivity index (χ0v) is 13.2. The number of benzene rings is 1. The molecule has 0 spiro atoms. The first kappa shape index (κ1) is 13.9. The maximum absolute atomic E-state index is 10.9. The van der Waals surface area contributed by atoms with Crippen molar-refractivity contribution in [1.29, 1.82) is 0 Å². The Hall–Kier alpha value is -1.21. The minimum absolute atomic E-state index is 0.701. The molecule has 0 N–H and O–H groups in total. The highest BCUT2D eigenvalue weighted by Gasteiger charge is 2.11. The number of rotatable bonds is 5. The third-order valence-corrected chi connectivity index (χ3v) is 8.47. The van der Waals surface area contributed by atoms with Gasteiger partial charge in [-0.2, -0.15) is 0 Å². The van der Waals surface area contributed by atoms with E-state index < -0.39 is 17.9 Å². The molecule has 0 radical (unpaired) electrons. The standard InChI is InChI=1S/C12H20N2OSi2/c1-16(2)14(17(3)4)13-9-11-7-5-6-8-12(11)10-15/h5-10,16-17H,1-4H3. The van der Waals surface area contributed by atoms with E-state index in [1.54, 1.807) is 0 Å². The molecule has 0 saturated heterocycles. The molecule has 5 heteroatoms. The first-order valence-electron chi connectivity index (χ1n) is 5.92. The summed E-state index contributed by atoms with van der Waals surface area (Å²) in [6.07, 6.45) is 2.70. The molecule has 92 valence electrons. The van der Waals surface area contributed by atoms with Crippen molar-refractivity contribution in [2.45, 2.75) is 26.2 Å². The van der Waals surface area contributed by atoms with Crippen molar-refractivity contribution < 1.29 is 4.79 Å². The fourth-order valence-electron chi connectivity index (χ4n) is 1.73. The second-order valence-electron chi connectivity index (χ2n) is 4.56. The minimum atomic E-state index is -0.900. The number of hydrazone groups is 1. The van der Waals surface area contributed by atoms with Crippen LogP contribution in [0.25, 0.3) is 0 Å². The molecule has 1 aromatic carbocycles. The number of carbonyl (C=O) groups excluding carboxylic acids is 1. The van der Waals surface area contributed by atoms with Crippen LogP contribution in [-0.4, -0.2) is 34.8 Å². The van der Waals surface area contributed by atoms with Crippen LogP contribution in [0.15, 0.2) is 29.4 Å². The van der Waals surface area contributed by atoms with Gasteiger partial charge in [0.2, 0.25) is 0 Å². The number of aldehydes is 1. The van der Waals surface area contributed by atoms with Crippen molar-refractivity contribution in [2.75, 3.05) is 0 Å². The van der Waals surface area contributed by atoms with Crippen LogP contribution in [0, 0.1) is 0 Å². The van der Waals surface area contributed by atoms with Gasteiger partial charge in [-0.25, -0.2) is 5.10 Å². The summed E-state index contributed by atoms with van der Waals surface area (Å²) in [6.45, 7) is 9.10. The van der Waals surface area contributed by atoms with E-state index in [0.717, 1.165) is 11.8 Å². The van der Waals surface area contributed by atoms with Crippen LogP contribution in [-0.2, 0) is 0 Å². The number of nitrogens with zero attached hydrogens (tertiary/aromatic N) is 2. The molecule has 0 atom stereocenters. The smallest absolute Gasteiger partial charge is 0.150 e. The molecule has 17 heavy (non-hydrogen) atoms. The predicted molar refractivity (Wildman–Crippen MR) is 79.0 cm³/mol. The van der Waals surface area contributed by atoms with Crippen molar-refractivity contribution in [3.05, 3.63) is 35.4 Å². The molecule has 0 unspecified atom stereocenters. The van der Waals surface area contributed by atoms with Crippen LogP contribution in [0.2, 0.25) is 26.2 Å². The zero-order valence-electron chi connectivity index (χ0n) is 10.9. The molecule has 0 aromatic heterocycles. The second-order valence-corrected chi connectivity index (χ2v) is 10.6. The monoisotopic (exact) mass is 264 g/mol. The third kappa shape index (κ3) is 3.94. The van der Waals surface area contributed by atoms with E-state index in [0.29, 0.717) is 5.56 Å². The summed E-state index contributed by atoms with van der Waals surface area (Å²) in [5.74, 6) is 0. The number of hydrogen-bond acceptors (Lipinski definition) is 3. The van der Waals surface area contributed by atoms with E-state index in [9.17, 15) is 4.79 Å². The Kier molecular flexibility index (Phi) is 5.31. The lowest BCUT2D eigenvalue weighted by Crippen LogP contribution is -2.38. The second kappa shape index (κ2) is 6.51. The van der Waals surface area contributed by atoms with E-state index in [1.165, 1.54) is 0 Å². The first-order chi connectivity index (χ1) is 8.06. The van der Waals surface area contributed by atoms with Gasteiger partial charge < -0.3 is 4.34 Å². The molecule has 3 nitrogen and oxygen atoms in total. The van der Waals surface area contributed by atoms with Gasteiger partial charge >= 0.3 is 0 Å². The lowest BCUT2D eigenvalue weighted by molar-refractivity contribution is 0.112. The maximum atomic E-state index is 10.9. The molecule has 0 amide bonds. The average Bonchev–Trinajstić information content (AvgIpc) is 2.29. The lowest BCUT2D eigenvalue weighted by Gasteiger charge is -2.26. The van der Waals surface area contributed by atoms with E-state index in [1.807, 2.05) is 30.5 Å². The van der Waals surface area contributed by atoms with Gasteiger partial charge in [-0.15, -0.1) is 0 Å². The van der Waals surface area contributed by atoms with E-state index in [2.05, 4.69) is 35.6 Å². The molecule has 0 aliphatic heterocycles. The van der Waals surface area contributed by atoms with Crippen molar-refractivity contribution in [3.8, 4) is 0 Å². The average molecular weight is 264 g/mol. The van der Waals surface area contributed by atoms with Gasteiger partial charge in [0.1, 0.15) is 17.9 Å². The number of hydrogen-bond donors (Lipinski definition) is 0. The SMILES string of the molecule is C[SiH](C)N(N=Cc1ccccc1C=O)[SiH](C)C. The molecule has 0 fully saturated rings. The topological polar surface area (TPSA) is 32.7 Å². The Bertz CT molecular complexity index is 397. The summed E-state index contributed by atoms with van der Waals surface area (Å²) in [6, 6.07) is 7.54. The largest absolute Gasteiger partial charge is 0.355 e. The Morgan fingerprint density at radius 1 is 1.06 bits per heavy atom. The van der Waals surface area contributed by atoms with Gasteiger partial charge in [-0.3, -0.25) is 4.79 Å². The fourth-order valence-corrected chi connectivity index (χ4v) is 7.16. The van der Waals surface area contributed by atoms with Gasteiger partial charge in [0.05, 0.1) is 6.21 Å². The highest BCUT2D eigenvalue weighted by molar-refractivity contribution is 6.69. The predicted octanol–water partition coefficient (Wildman–Crippen LogP) is 2.10. The van der Waals surface area contributed by atoms with Crippen molar-refractivity contribution in [1.82, 2.24) is 4.34 Å². The van der Waals surface area contributed by atoms with Gasteiger partial charge in [0, 0.05) is 11.1 Å². The molecule has 0 aliphatic carbocycles. The highest BCUT2D eigenvalue weighted by Crippen LogP contribution is 2.05. The summed E-state index contributed by atoms with van der Waals surface area (Å²) in [5, 5.41) is 4.57. The van der Waals surface area contributed by atoms with Gasteiger partial charge in [0.15, 0.2) is 6.29 Å². The summed E-state index contributed by atoms with van der Waals surface area (Å²) in [4.78, 5) is 10.9. The van der Waals surface area contributed by atoms with Crippen LogP contribution in [0.4, 0.5) is 0 Å². The molecule has 0 bridgehead atoms. The van der Waals surface area contributed by atoms with Gasteiger partial charge in [-0.1, -0.05) is 50.5 Å². The van der Waals surface area contributed by atoms with E-state index >= 15 is 0 Å². The molecule has 0 saturated carbocycles. The summed E-state index contributed by atoms with van der Waals surface area (Å²) >= 11 is 0. The van der Waals surface area contributed by atoms with Crippen LogP contribution >= 0.6 is 0 Å². The van der Waals surface area contributed by atoms with Crippen molar-refractivity contribution in [2.24, 2.45) is 5.10 Å². The highest BCUT2D eigenvalue weighted by atomic mass is 28.3. The summed E-state index contributed by atoms with van der Waals surface area (Å²) in [7, 11) is -1.80. The maximum Gasteiger partial charge on any atom is 0.150 e. The lowest BCUT2D eigenvalue weighted by atomic mass is 10.1. The third-order valence-electron chi connectivity index (χ3n) is 2.51. The van der Waals surface area contributed by atoms with Crippen LogP contribution in [0.3, 0.4) is 0 Å². The van der Waals surface area contributed by atoms with Crippen LogP contribution in [0.1, 0.15) is 15.9 Å². The van der Waals surface area contributed by atoms with E-state index in [-0.39, 0.29) is 0 Å². The Balaban J connectivity index is 2.92. The minimum Gasteiger partial charge on any atom is -0.355 e. The normalized spacial score (nSPS) is 11.4. The zero-order chi connectivity index (χ0) is 12.8. The molecular formula is C12H20N2OSi2. The van der Waals surface area contributed by atoms with E-state index in [4.69, 9.17) is 0 Å². The Morgan fingerprint density at radius 3 is 2.06 bits per heavy atom. The van der Waals surface area contributed by atoms with Crippen molar-refractivity contribution >= 4 is 30.4 Å². The molecule has 0 heterocycles. The molecule has 0 aliphatic rings. The van der Waals surface area contributed by atoms with Crippen LogP contribution < -0.4 is 0 Å². The van der Waals surface area contributed by atoms with Gasteiger partial charge in [0.25, 0.3) is 0 Å². The van der Waals surface area contributed by atoms with Crippen LogP contribution in [0.5, 0.6) is 0 Å². The summed E-state index contributed by atoms with van der Waals surface area (Å²) < 4.78 is 2.29. The first-order valence-corrected chi connectivity index (χ1v) is 11.6. The Morgan fingerprint density at radius 2 is 1.59 bits per heavy atom. The fraction of sp³-hybridized carbons (Fsp3) is 0.333. The molecular weight excluding hydrogens is 244 g/mol. The number of carbonyl (C=O) groups is 1. The molecule has 1 rings (SSSR count). The quantitative estimate of drug-likeness (QED) is 0.353. The summed E-state index contributed by atoms with van der Waals surface area (Å²) in [5.41, 5.74) is 1.60.